The first-order chi connectivity index (χ1) is 14.5. The average molecular weight is 408 g/mol. The Labute approximate surface area is 177 Å². The standard InChI is InChI=1S/C25H29NO4/c1-3-4-5-7-19-10-12-21(13-11-19)25-26-23(18(2)30-25)14-15-29-22-9-6-8-20(16-22)17-24(27)28/h6,8-13,16H,3-5,7,14-15,17H2,1-2H3,(H,27,28). The first-order valence-electron chi connectivity index (χ1n) is 10.5. The normalized spacial score (nSPS) is 10.9. The molecule has 0 bridgehead atoms. The summed E-state index contributed by atoms with van der Waals surface area (Å²) in [5.41, 5.74) is 3.91. The molecule has 3 aromatic rings. The molecule has 0 spiro atoms. The Balaban J connectivity index is 1.57. The highest BCUT2D eigenvalue weighted by Gasteiger charge is 2.12. The monoisotopic (exact) mass is 407 g/mol. The summed E-state index contributed by atoms with van der Waals surface area (Å²) in [5, 5.41) is 8.91. The largest absolute Gasteiger partial charge is 0.493 e. The van der Waals surface area contributed by atoms with Crippen molar-refractivity contribution in [1.82, 2.24) is 4.98 Å². The molecule has 3 rings (SSSR count). The fourth-order valence-corrected chi connectivity index (χ4v) is 3.36. The molecule has 5 nitrogen and oxygen atoms in total. The second-order valence-corrected chi connectivity index (χ2v) is 7.49. The molecule has 1 N–H and O–H groups in total. The molecule has 0 atom stereocenters. The maximum absolute atomic E-state index is 10.9. The fraction of sp³-hybridized carbons (Fsp3) is 0.360. The van der Waals surface area contributed by atoms with Gasteiger partial charge in [0.15, 0.2) is 0 Å². The van der Waals surface area contributed by atoms with E-state index in [2.05, 4.69) is 36.2 Å². The van der Waals surface area contributed by atoms with E-state index in [1.165, 1.54) is 24.8 Å². The maximum Gasteiger partial charge on any atom is 0.307 e. The van der Waals surface area contributed by atoms with Crippen LogP contribution in [0.3, 0.4) is 0 Å². The van der Waals surface area contributed by atoms with Crippen LogP contribution in [0.2, 0.25) is 0 Å². The van der Waals surface area contributed by atoms with E-state index >= 15 is 0 Å². The van der Waals surface area contributed by atoms with Crippen LogP contribution < -0.4 is 4.74 Å². The highest BCUT2D eigenvalue weighted by molar-refractivity contribution is 5.70. The molecule has 5 heteroatoms. The van der Waals surface area contributed by atoms with Gasteiger partial charge in [-0.2, -0.15) is 0 Å². The lowest BCUT2D eigenvalue weighted by atomic mass is 10.1. The summed E-state index contributed by atoms with van der Waals surface area (Å²) >= 11 is 0. The van der Waals surface area contributed by atoms with Crippen LogP contribution in [-0.4, -0.2) is 22.7 Å². The molecular formula is C25H29NO4. The second-order valence-electron chi connectivity index (χ2n) is 7.49. The first kappa shape index (κ1) is 21.6. The van der Waals surface area contributed by atoms with Crippen molar-refractivity contribution in [2.75, 3.05) is 6.61 Å². The van der Waals surface area contributed by atoms with Crippen molar-refractivity contribution in [3.8, 4) is 17.2 Å². The van der Waals surface area contributed by atoms with Gasteiger partial charge in [0.1, 0.15) is 11.5 Å². The summed E-state index contributed by atoms with van der Waals surface area (Å²) in [5.74, 6) is 1.23. The third-order valence-electron chi connectivity index (χ3n) is 5.02. The first-order valence-corrected chi connectivity index (χ1v) is 10.5. The van der Waals surface area contributed by atoms with Gasteiger partial charge in [0, 0.05) is 12.0 Å². The Hall–Kier alpha value is -3.08. The van der Waals surface area contributed by atoms with Gasteiger partial charge in [-0.3, -0.25) is 4.79 Å². The van der Waals surface area contributed by atoms with Crippen LogP contribution in [0.1, 0.15) is 48.8 Å². The van der Waals surface area contributed by atoms with Gasteiger partial charge in [-0.05, 0) is 55.2 Å². The minimum absolute atomic E-state index is 0.0135. The summed E-state index contributed by atoms with van der Waals surface area (Å²) in [6, 6.07) is 15.6. The molecule has 0 amide bonds. The molecule has 0 aliphatic rings. The zero-order valence-electron chi connectivity index (χ0n) is 17.7. The van der Waals surface area contributed by atoms with Crippen molar-refractivity contribution in [3.05, 3.63) is 71.1 Å². The lowest BCUT2D eigenvalue weighted by molar-refractivity contribution is -0.136. The number of aliphatic carboxylic acids is 1. The van der Waals surface area contributed by atoms with Crippen LogP contribution in [0.4, 0.5) is 0 Å². The zero-order valence-corrected chi connectivity index (χ0v) is 17.7. The van der Waals surface area contributed by atoms with Gasteiger partial charge in [-0.15, -0.1) is 0 Å². The SMILES string of the molecule is CCCCCc1ccc(-c2nc(CCOc3cccc(CC(=O)O)c3)c(C)o2)cc1. The molecule has 0 saturated heterocycles. The van der Waals surface area contributed by atoms with Gasteiger partial charge >= 0.3 is 5.97 Å². The molecule has 0 saturated carbocycles. The number of carboxylic acid groups (broad SMARTS) is 1. The molecule has 1 aromatic heterocycles. The third-order valence-corrected chi connectivity index (χ3v) is 5.02. The highest BCUT2D eigenvalue weighted by atomic mass is 16.5. The zero-order chi connectivity index (χ0) is 21.3. The topological polar surface area (TPSA) is 72.6 Å². The van der Waals surface area contributed by atoms with Gasteiger partial charge in [0.25, 0.3) is 0 Å². The number of hydrogen-bond acceptors (Lipinski definition) is 4. The van der Waals surface area contributed by atoms with Gasteiger partial charge in [-0.1, -0.05) is 44.0 Å². The van der Waals surface area contributed by atoms with Crippen molar-refractivity contribution in [1.29, 1.82) is 0 Å². The van der Waals surface area contributed by atoms with Crippen molar-refractivity contribution in [3.63, 3.8) is 0 Å². The number of unbranched alkanes of at least 4 members (excludes halogenated alkanes) is 2. The Morgan fingerprint density at radius 3 is 2.60 bits per heavy atom. The minimum atomic E-state index is -0.855. The number of benzene rings is 2. The summed E-state index contributed by atoms with van der Waals surface area (Å²) in [6.45, 7) is 4.57. The summed E-state index contributed by atoms with van der Waals surface area (Å²) in [6.07, 6.45) is 5.42. The Morgan fingerprint density at radius 2 is 1.87 bits per heavy atom. The molecule has 158 valence electrons. The molecule has 30 heavy (non-hydrogen) atoms. The molecule has 0 radical (unpaired) electrons. The number of oxazole rings is 1. The number of carbonyl (C=O) groups is 1. The maximum atomic E-state index is 10.9. The van der Waals surface area contributed by atoms with E-state index in [9.17, 15) is 4.79 Å². The molecule has 2 aromatic carbocycles. The smallest absolute Gasteiger partial charge is 0.307 e. The van der Waals surface area contributed by atoms with Crippen LogP contribution >= 0.6 is 0 Å². The molecular weight excluding hydrogens is 378 g/mol. The molecule has 0 aliphatic carbocycles. The lowest BCUT2D eigenvalue weighted by Gasteiger charge is -2.06. The molecule has 0 unspecified atom stereocenters. The third kappa shape index (κ3) is 6.21. The van der Waals surface area contributed by atoms with E-state index in [1.54, 1.807) is 18.2 Å². The van der Waals surface area contributed by atoms with Crippen molar-refractivity contribution < 1.29 is 19.1 Å². The lowest BCUT2D eigenvalue weighted by Crippen LogP contribution is -2.04. The number of ether oxygens (including phenoxy) is 1. The van der Waals surface area contributed by atoms with Crippen molar-refractivity contribution in [2.24, 2.45) is 0 Å². The van der Waals surface area contributed by atoms with Crippen molar-refractivity contribution in [2.45, 2.75) is 52.4 Å². The van der Waals surface area contributed by atoms with Crippen LogP contribution in [-0.2, 0) is 24.1 Å². The van der Waals surface area contributed by atoms with Crippen molar-refractivity contribution >= 4 is 5.97 Å². The minimum Gasteiger partial charge on any atom is -0.493 e. The number of nitrogens with zero attached hydrogens (tertiary/aromatic N) is 1. The predicted octanol–water partition coefficient (Wildman–Crippen LogP) is 5.63. The molecule has 1 heterocycles. The molecule has 0 aliphatic heterocycles. The number of carboxylic acids is 1. The van der Waals surface area contributed by atoms with Crippen LogP contribution in [0, 0.1) is 6.92 Å². The second kappa shape index (κ2) is 10.6. The number of aryl methyl sites for hydroxylation is 2. The quantitative estimate of drug-likeness (QED) is 0.417. The van der Waals surface area contributed by atoms with E-state index in [0.717, 1.165) is 29.0 Å². The number of aromatic nitrogens is 1. The van der Waals surface area contributed by atoms with E-state index in [4.69, 9.17) is 14.3 Å². The Morgan fingerprint density at radius 1 is 1.07 bits per heavy atom. The van der Waals surface area contributed by atoms with E-state index in [0.29, 0.717) is 24.7 Å². The summed E-state index contributed by atoms with van der Waals surface area (Å²) in [4.78, 5) is 15.5. The van der Waals surface area contributed by atoms with Gasteiger partial charge in [-0.25, -0.2) is 4.98 Å². The Kier molecular flexibility index (Phi) is 7.66. The van der Waals surface area contributed by atoms with Crippen LogP contribution in [0.25, 0.3) is 11.5 Å². The number of rotatable bonds is 11. The van der Waals surface area contributed by atoms with E-state index in [-0.39, 0.29) is 6.42 Å². The summed E-state index contributed by atoms with van der Waals surface area (Å²) in [7, 11) is 0. The van der Waals surface area contributed by atoms with Crippen LogP contribution in [0.5, 0.6) is 5.75 Å². The van der Waals surface area contributed by atoms with Gasteiger partial charge in [0.2, 0.25) is 5.89 Å². The number of hydrogen-bond donors (Lipinski definition) is 1. The van der Waals surface area contributed by atoms with E-state index in [1.807, 2.05) is 13.0 Å². The van der Waals surface area contributed by atoms with Gasteiger partial charge < -0.3 is 14.3 Å². The van der Waals surface area contributed by atoms with Crippen LogP contribution in [0.15, 0.2) is 52.9 Å². The van der Waals surface area contributed by atoms with Gasteiger partial charge in [0.05, 0.1) is 18.7 Å². The highest BCUT2D eigenvalue weighted by Crippen LogP contribution is 2.23. The average Bonchev–Trinajstić information content (AvgIpc) is 3.09. The summed E-state index contributed by atoms with van der Waals surface area (Å²) < 4.78 is 11.7. The molecule has 0 fully saturated rings. The Bertz CT molecular complexity index is 960. The fourth-order valence-electron chi connectivity index (χ4n) is 3.36. The van der Waals surface area contributed by atoms with E-state index < -0.39 is 5.97 Å². The predicted molar refractivity (Wildman–Crippen MR) is 117 cm³/mol.